The van der Waals surface area contributed by atoms with Crippen molar-refractivity contribution in [3.63, 3.8) is 0 Å². The number of hydrogen-bond donors (Lipinski definition) is 2. The lowest BCUT2D eigenvalue weighted by atomic mass is 10.1. The first kappa shape index (κ1) is 14.5. The van der Waals surface area contributed by atoms with Crippen LogP contribution in [0.3, 0.4) is 0 Å². The lowest BCUT2D eigenvalue weighted by Crippen LogP contribution is -2.17. The molecule has 110 valence electrons. The van der Waals surface area contributed by atoms with Gasteiger partial charge in [0.2, 0.25) is 0 Å². The quantitative estimate of drug-likeness (QED) is 0.567. The van der Waals surface area contributed by atoms with Gasteiger partial charge in [0.05, 0.1) is 16.2 Å². The van der Waals surface area contributed by atoms with E-state index in [4.69, 9.17) is 11.6 Å². The van der Waals surface area contributed by atoms with Gasteiger partial charge in [-0.1, -0.05) is 41.9 Å². The molecule has 1 aromatic carbocycles. The molecular weight excluding hydrogens is 320 g/mol. The fraction of sp³-hybridized carbons (Fsp3) is 0. The van der Waals surface area contributed by atoms with Gasteiger partial charge < -0.3 is 0 Å². The molecule has 0 aliphatic heterocycles. The summed E-state index contributed by atoms with van der Waals surface area (Å²) in [6, 6.07) is 14.9. The van der Waals surface area contributed by atoms with Crippen LogP contribution in [0, 0.1) is 0 Å². The number of rotatable bonds is 4. The molecule has 0 saturated heterocycles. The highest BCUT2D eigenvalue weighted by Crippen LogP contribution is 2.19. The lowest BCUT2D eigenvalue weighted by molar-refractivity contribution is 0.0950. The zero-order valence-corrected chi connectivity index (χ0v) is 12.9. The van der Waals surface area contributed by atoms with E-state index >= 15 is 0 Å². The summed E-state index contributed by atoms with van der Waals surface area (Å²) in [6.45, 7) is 0. The molecule has 0 bridgehead atoms. The van der Waals surface area contributed by atoms with Crippen LogP contribution in [-0.4, -0.2) is 22.3 Å². The molecule has 3 rings (SSSR count). The van der Waals surface area contributed by atoms with Crippen molar-refractivity contribution >= 4 is 35.1 Å². The van der Waals surface area contributed by atoms with Gasteiger partial charge in [-0.25, -0.2) is 5.43 Å². The van der Waals surface area contributed by atoms with E-state index in [-0.39, 0.29) is 5.91 Å². The Balaban J connectivity index is 1.66. The highest BCUT2D eigenvalue weighted by atomic mass is 35.5. The number of nitrogens with zero attached hydrogens (tertiary/aromatic N) is 2. The second kappa shape index (κ2) is 6.55. The molecule has 0 atom stereocenters. The van der Waals surface area contributed by atoms with Crippen LogP contribution in [0.5, 0.6) is 0 Å². The maximum absolute atomic E-state index is 12.0. The SMILES string of the molecule is O=C(N/N=C/c1ccc(Cl)s1)c1cc(-c2ccccc2)n[nH]1. The predicted octanol–water partition coefficient (Wildman–Crippen LogP) is 3.56. The van der Waals surface area contributed by atoms with Gasteiger partial charge in [0.15, 0.2) is 0 Å². The smallest absolute Gasteiger partial charge is 0.272 e. The third-order valence-corrected chi connectivity index (χ3v) is 4.01. The van der Waals surface area contributed by atoms with Gasteiger partial charge in [0.25, 0.3) is 5.91 Å². The molecule has 0 aliphatic carbocycles. The first-order chi connectivity index (χ1) is 10.7. The Bertz CT molecular complexity index is 810. The third kappa shape index (κ3) is 3.41. The summed E-state index contributed by atoms with van der Waals surface area (Å²) < 4.78 is 0.675. The van der Waals surface area contributed by atoms with Crippen LogP contribution in [-0.2, 0) is 0 Å². The summed E-state index contributed by atoms with van der Waals surface area (Å²) in [5.74, 6) is -0.353. The minimum atomic E-state index is -0.353. The number of carbonyl (C=O) groups excluding carboxylic acids is 1. The fourth-order valence-corrected chi connectivity index (χ4v) is 2.74. The number of thiophene rings is 1. The van der Waals surface area contributed by atoms with Gasteiger partial charge in [0, 0.05) is 10.4 Å². The zero-order chi connectivity index (χ0) is 15.4. The van der Waals surface area contributed by atoms with Crippen molar-refractivity contribution in [3.8, 4) is 11.3 Å². The Morgan fingerprint density at radius 1 is 1.27 bits per heavy atom. The molecule has 0 spiro atoms. The molecule has 2 N–H and O–H groups in total. The second-order valence-electron chi connectivity index (χ2n) is 4.37. The van der Waals surface area contributed by atoms with Gasteiger partial charge in [-0.3, -0.25) is 9.89 Å². The van der Waals surface area contributed by atoms with E-state index in [0.717, 1.165) is 10.4 Å². The molecule has 22 heavy (non-hydrogen) atoms. The van der Waals surface area contributed by atoms with Crippen LogP contribution in [0.1, 0.15) is 15.4 Å². The van der Waals surface area contributed by atoms with Crippen LogP contribution >= 0.6 is 22.9 Å². The number of aromatic amines is 1. The summed E-state index contributed by atoms with van der Waals surface area (Å²) >= 11 is 7.20. The third-order valence-electron chi connectivity index (χ3n) is 2.84. The summed E-state index contributed by atoms with van der Waals surface area (Å²) in [7, 11) is 0. The molecule has 3 aromatic rings. The second-order valence-corrected chi connectivity index (χ2v) is 6.12. The molecule has 2 heterocycles. The van der Waals surface area contributed by atoms with E-state index in [2.05, 4.69) is 20.7 Å². The number of hydrazone groups is 1. The van der Waals surface area contributed by atoms with Crippen LogP contribution < -0.4 is 5.43 Å². The van der Waals surface area contributed by atoms with Gasteiger partial charge in [-0.15, -0.1) is 11.3 Å². The van der Waals surface area contributed by atoms with Crippen molar-refractivity contribution in [1.29, 1.82) is 0 Å². The number of nitrogens with one attached hydrogen (secondary N) is 2. The predicted molar refractivity (Wildman–Crippen MR) is 88.4 cm³/mol. The molecule has 0 unspecified atom stereocenters. The van der Waals surface area contributed by atoms with Crippen molar-refractivity contribution < 1.29 is 4.79 Å². The maximum atomic E-state index is 12.0. The highest BCUT2D eigenvalue weighted by molar-refractivity contribution is 7.17. The highest BCUT2D eigenvalue weighted by Gasteiger charge is 2.09. The first-order valence-electron chi connectivity index (χ1n) is 6.42. The molecule has 0 radical (unpaired) electrons. The average Bonchev–Trinajstić information content (AvgIpc) is 3.17. The largest absolute Gasteiger partial charge is 0.289 e. The van der Waals surface area contributed by atoms with E-state index in [1.807, 2.05) is 36.4 Å². The summed E-state index contributed by atoms with van der Waals surface area (Å²) in [5, 5.41) is 10.7. The maximum Gasteiger partial charge on any atom is 0.289 e. The number of halogens is 1. The Morgan fingerprint density at radius 2 is 2.09 bits per heavy atom. The Morgan fingerprint density at radius 3 is 2.82 bits per heavy atom. The number of amides is 1. The summed E-state index contributed by atoms with van der Waals surface area (Å²) in [6.07, 6.45) is 1.54. The first-order valence-corrected chi connectivity index (χ1v) is 7.61. The van der Waals surface area contributed by atoms with Crippen LogP contribution in [0.2, 0.25) is 4.34 Å². The molecule has 5 nitrogen and oxygen atoms in total. The summed E-state index contributed by atoms with van der Waals surface area (Å²) in [5.41, 5.74) is 4.44. The standard InChI is InChI=1S/C15H11ClN4OS/c16-14-7-6-11(22-14)9-17-20-15(21)13-8-12(18-19-13)10-4-2-1-3-5-10/h1-9H,(H,18,19)(H,20,21)/b17-9+. The zero-order valence-electron chi connectivity index (χ0n) is 11.3. The van der Waals surface area contributed by atoms with Gasteiger partial charge in [-0.2, -0.15) is 10.2 Å². The van der Waals surface area contributed by atoms with Crippen LogP contribution in [0.4, 0.5) is 0 Å². The number of aromatic nitrogens is 2. The number of H-pyrrole nitrogens is 1. The van der Waals surface area contributed by atoms with Gasteiger partial charge >= 0.3 is 0 Å². The topological polar surface area (TPSA) is 70.1 Å². The van der Waals surface area contributed by atoms with E-state index in [0.29, 0.717) is 15.7 Å². The molecule has 0 aliphatic rings. The normalized spacial score (nSPS) is 11.0. The van der Waals surface area contributed by atoms with E-state index in [1.165, 1.54) is 11.3 Å². The molecular formula is C15H11ClN4OS. The van der Waals surface area contributed by atoms with Crippen molar-refractivity contribution in [2.24, 2.45) is 5.10 Å². The molecule has 7 heteroatoms. The van der Waals surface area contributed by atoms with Crippen LogP contribution in [0.25, 0.3) is 11.3 Å². The number of carbonyl (C=O) groups is 1. The van der Waals surface area contributed by atoms with Crippen molar-refractivity contribution in [3.05, 3.63) is 63.4 Å². The van der Waals surface area contributed by atoms with Crippen molar-refractivity contribution in [2.45, 2.75) is 0 Å². The number of hydrogen-bond acceptors (Lipinski definition) is 4. The van der Waals surface area contributed by atoms with Crippen molar-refractivity contribution in [1.82, 2.24) is 15.6 Å². The number of benzene rings is 1. The Kier molecular flexibility index (Phi) is 4.32. The molecule has 0 fully saturated rings. The molecule has 0 saturated carbocycles. The minimum Gasteiger partial charge on any atom is -0.272 e. The van der Waals surface area contributed by atoms with Crippen molar-refractivity contribution in [2.75, 3.05) is 0 Å². The molecule has 2 aromatic heterocycles. The lowest BCUT2D eigenvalue weighted by Gasteiger charge is -1.94. The fourth-order valence-electron chi connectivity index (χ4n) is 1.81. The molecule has 1 amide bonds. The average molecular weight is 331 g/mol. The van der Waals surface area contributed by atoms with Gasteiger partial charge in [0.1, 0.15) is 5.69 Å². The Hall–Kier alpha value is -2.44. The van der Waals surface area contributed by atoms with Gasteiger partial charge in [-0.05, 0) is 18.2 Å². The Labute approximate surface area is 135 Å². The van der Waals surface area contributed by atoms with E-state index in [9.17, 15) is 4.79 Å². The minimum absolute atomic E-state index is 0.347. The van der Waals surface area contributed by atoms with E-state index in [1.54, 1.807) is 18.3 Å². The van der Waals surface area contributed by atoms with E-state index < -0.39 is 0 Å². The van der Waals surface area contributed by atoms with Crippen LogP contribution in [0.15, 0.2) is 53.6 Å². The summed E-state index contributed by atoms with van der Waals surface area (Å²) in [4.78, 5) is 12.8. The monoisotopic (exact) mass is 330 g/mol.